The van der Waals surface area contributed by atoms with E-state index in [-0.39, 0.29) is 37.5 Å². The van der Waals surface area contributed by atoms with Crippen molar-refractivity contribution < 1.29 is 33.7 Å². The van der Waals surface area contributed by atoms with Crippen LogP contribution in [0, 0.1) is 11.8 Å². The van der Waals surface area contributed by atoms with Crippen LogP contribution in [-0.2, 0) is 27.2 Å². The number of rotatable bonds is 8. The Morgan fingerprint density at radius 3 is 2.81 bits per heavy atom. The average molecular weight is 764 g/mol. The quantitative estimate of drug-likeness (QED) is 0.0966. The number of ether oxygens (including phenoxy) is 2. The first-order valence-corrected chi connectivity index (χ1v) is 21.0. The van der Waals surface area contributed by atoms with E-state index in [4.69, 9.17) is 19.6 Å². The number of hydrogen-bond donors (Lipinski definition) is 4. The fourth-order valence-corrected chi connectivity index (χ4v) is 10.9. The molecule has 1 spiro atoms. The number of esters is 1. The first kappa shape index (κ1) is 37.7. The first-order chi connectivity index (χ1) is 25.5. The summed E-state index contributed by atoms with van der Waals surface area (Å²) in [5, 5.41) is 23.3. The van der Waals surface area contributed by atoms with Gasteiger partial charge in [-0.1, -0.05) is 39.3 Å². The lowest BCUT2D eigenvalue weighted by Gasteiger charge is -2.53. The highest BCUT2D eigenvalue weighted by Gasteiger charge is 2.64. The Labute approximate surface area is 317 Å². The second-order valence-corrected chi connectivity index (χ2v) is 17.6. The maximum absolute atomic E-state index is 13.8. The zero-order chi connectivity index (χ0) is 37.5. The fraction of sp³-hybridized carbons (Fsp3) is 0.525. The van der Waals surface area contributed by atoms with Crippen LogP contribution < -0.4 is 21.4 Å². The lowest BCUT2D eigenvalue weighted by atomic mass is 9.61. The van der Waals surface area contributed by atoms with E-state index < -0.39 is 28.7 Å². The predicted molar refractivity (Wildman–Crippen MR) is 207 cm³/mol. The number of aliphatic hydroxyl groups is 2. The van der Waals surface area contributed by atoms with Gasteiger partial charge in [0.2, 0.25) is 5.91 Å². The molecule has 11 nitrogen and oxygen atoms in total. The van der Waals surface area contributed by atoms with Gasteiger partial charge < -0.3 is 40.1 Å². The van der Waals surface area contributed by atoms with Gasteiger partial charge in [-0.05, 0) is 87.3 Å². The third kappa shape index (κ3) is 7.05. The topological polar surface area (TPSA) is 165 Å². The summed E-state index contributed by atoms with van der Waals surface area (Å²) < 4.78 is 19.7. The zero-order valence-electron chi connectivity index (χ0n) is 30.6. The zero-order valence-corrected chi connectivity index (χ0v) is 32.2. The van der Waals surface area contributed by atoms with Crippen LogP contribution in [0.15, 0.2) is 73.8 Å². The second kappa shape index (κ2) is 15.2. The Kier molecular flexibility index (Phi) is 10.8. The molecule has 53 heavy (non-hydrogen) atoms. The maximum Gasteiger partial charge on any atom is 0.339 e. The number of nitrogens with one attached hydrogen (secondary N) is 1. The molecule has 0 bridgehead atoms. The Balaban J connectivity index is 1.37. The molecule has 1 aromatic carbocycles. The molecule has 1 saturated heterocycles. The van der Waals surface area contributed by atoms with E-state index >= 15 is 0 Å². The van der Waals surface area contributed by atoms with Crippen LogP contribution in [0.1, 0.15) is 64.0 Å². The number of nitrogens with zero attached hydrogens (tertiary/aromatic N) is 1. The molecule has 5 unspecified atom stereocenters. The van der Waals surface area contributed by atoms with E-state index in [1.165, 1.54) is 0 Å². The lowest BCUT2D eigenvalue weighted by molar-refractivity contribution is -0.186. The van der Waals surface area contributed by atoms with E-state index in [2.05, 4.69) is 11.4 Å². The largest absolute Gasteiger partial charge is 0.481 e. The van der Waals surface area contributed by atoms with E-state index in [0.29, 0.717) is 72.7 Å². The van der Waals surface area contributed by atoms with Gasteiger partial charge in [-0.2, -0.15) is 0 Å². The second-order valence-electron chi connectivity index (χ2n) is 15.1. The van der Waals surface area contributed by atoms with Gasteiger partial charge >= 0.3 is 11.6 Å². The van der Waals surface area contributed by atoms with Gasteiger partial charge in [0, 0.05) is 79.3 Å². The lowest BCUT2D eigenvalue weighted by Crippen LogP contribution is -2.65. The fourth-order valence-electron chi connectivity index (χ4n) is 8.43. The molecule has 5 aliphatic rings. The van der Waals surface area contributed by atoms with E-state index in [9.17, 15) is 24.6 Å². The molecule has 5 N–H and O–H groups in total. The molecular weight excluding hydrogens is 715 g/mol. The average Bonchev–Trinajstić information content (AvgIpc) is 3.49. The Morgan fingerprint density at radius 1 is 1.25 bits per heavy atom. The third-order valence-corrected chi connectivity index (χ3v) is 14.2. The highest BCUT2D eigenvalue weighted by Crippen LogP contribution is 2.57. The molecule has 5 atom stereocenters. The van der Waals surface area contributed by atoms with Gasteiger partial charge in [0.25, 0.3) is 0 Å². The van der Waals surface area contributed by atoms with Crippen LogP contribution in [0.4, 0.5) is 0 Å². The van der Waals surface area contributed by atoms with Gasteiger partial charge in [-0.25, -0.2) is 9.59 Å². The molecule has 284 valence electrons. The predicted octanol–water partition coefficient (Wildman–Crippen LogP) is 4.69. The van der Waals surface area contributed by atoms with Crippen LogP contribution in [0.3, 0.4) is 0 Å². The van der Waals surface area contributed by atoms with E-state index in [1.807, 2.05) is 30.0 Å². The molecule has 7 rings (SSSR count). The highest BCUT2D eigenvalue weighted by atomic mass is 33.1. The van der Waals surface area contributed by atoms with Crippen LogP contribution in [0.25, 0.3) is 11.0 Å². The van der Waals surface area contributed by atoms with Crippen molar-refractivity contribution in [2.45, 2.75) is 83.0 Å². The maximum atomic E-state index is 13.8. The Morgan fingerprint density at radius 2 is 2.08 bits per heavy atom. The summed E-state index contributed by atoms with van der Waals surface area (Å²) in [5.74, 6) is 1.64. The summed E-state index contributed by atoms with van der Waals surface area (Å²) in [6.45, 7) is 6.56. The molecule has 5 heterocycles. The van der Waals surface area contributed by atoms with Gasteiger partial charge in [0.1, 0.15) is 11.3 Å². The number of fused-ring (bicyclic) bond motifs is 6. The number of carbonyl (C=O) groups is 2. The number of carbonyl (C=O) groups excluding carboxylic acids is 2. The standard InChI is InChI=1S/C40H49N3O8S2/c1-4-23(2)37(47)51-39(3)9-7-25-21-52-53-22-30-8-10-43(30)35(46)15-29-19-42-34(41)16-31(29)36(25)40(39)18-28-14-26-13-27(12-24(20-45)6-5-11-44)38(48)49-32(26)17-33(28)50-40/h4,7,13-14,16-17,24,30,36,42,44-45H,5-6,8-12,15,18-22,41H2,1-3H3. The molecule has 4 aliphatic heterocycles. The number of aliphatic hydroxyl groups excluding tert-OH is 2. The summed E-state index contributed by atoms with van der Waals surface area (Å²) >= 11 is 0. The number of hydrogen-bond acceptors (Lipinski definition) is 12. The van der Waals surface area contributed by atoms with Gasteiger partial charge in [0.15, 0.2) is 11.2 Å². The molecule has 1 aromatic heterocycles. The number of benzene rings is 1. The molecule has 0 radical (unpaired) electrons. The van der Waals surface area contributed by atoms with Crippen molar-refractivity contribution in [3.63, 3.8) is 0 Å². The minimum atomic E-state index is -1.16. The normalized spacial score (nSPS) is 27.8. The molecule has 0 saturated carbocycles. The van der Waals surface area contributed by atoms with E-state index in [0.717, 1.165) is 46.4 Å². The molecule has 1 aliphatic carbocycles. The number of allylic oxidation sites excluding steroid dienone is 2. The van der Waals surface area contributed by atoms with Crippen molar-refractivity contribution in [1.82, 2.24) is 10.2 Å². The molecular formula is C40H49N3O8S2. The van der Waals surface area contributed by atoms with Crippen molar-refractivity contribution in [2.75, 3.05) is 37.8 Å². The van der Waals surface area contributed by atoms with Gasteiger partial charge in [0.05, 0.1) is 18.2 Å². The summed E-state index contributed by atoms with van der Waals surface area (Å²) in [6.07, 6.45) is 9.32. The van der Waals surface area contributed by atoms with Crippen molar-refractivity contribution in [1.29, 1.82) is 0 Å². The molecule has 1 amide bonds. The van der Waals surface area contributed by atoms with Crippen molar-refractivity contribution in [2.24, 2.45) is 17.6 Å². The summed E-state index contributed by atoms with van der Waals surface area (Å²) in [7, 11) is 3.54. The SMILES string of the molecule is CC=C(C)C(=O)OC1(C)CC=C2CSSCC3CCN3C(=O)CC3=C(C=C(N)NC3)C2C12Cc1cc3cc(CC(CO)CCCO)c(=O)oc3cc1O2. The minimum absolute atomic E-state index is 0.0151. The smallest absolute Gasteiger partial charge is 0.339 e. The number of amides is 1. The first-order valence-electron chi connectivity index (χ1n) is 18.5. The summed E-state index contributed by atoms with van der Waals surface area (Å²) in [6, 6.07) is 5.80. The van der Waals surface area contributed by atoms with Crippen molar-refractivity contribution in [3.05, 3.63) is 86.1 Å². The molecule has 1 fully saturated rings. The summed E-state index contributed by atoms with van der Waals surface area (Å²) in [5.41, 5.74) is 8.86. The third-order valence-electron chi connectivity index (χ3n) is 11.8. The minimum Gasteiger partial charge on any atom is -0.481 e. The van der Waals surface area contributed by atoms with Crippen molar-refractivity contribution >= 4 is 44.4 Å². The van der Waals surface area contributed by atoms with Crippen LogP contribution >= 0.6 is 21.6 Å². The Hall–Kier alpha value is -3.65. The van der Waals surface area contributed by atoms with Crippen LogP contribution in [-0.4, -0.2) is 82.0 Å². The monoisotopic (exact) mass is 763 g/mol. The van der Waals surface area contributed by atoms with Gasteiger partial charge in [-0.3, -0.25) is 4.79 Å². The Bertz CT molecular complexity index is 1990. The van der Waals surface area contributed by atoms with Gasteiger partial charge in [-0.15, -0.1) is 0 Å². The highest BCUT2D eigenvalue weighted by molar-refractivity contribution is 8.76. The summed E-state index contributed by atoms with van der Waals surface area (Å²) in [4.78, 5) is 42.7. The van der Waals surface area contributed by atoms with E-state index in [1.54, 1.807) is 47.6 Å². The molecule has 13 heteroatoms. The molecule has 2 aromatic rings. The van der Waals surface area contributed by atoms with Crippen molar-refractivity contribution in [3.8, 4) is 5.75 Å². The van der Waals surface area contributed by atoms with Crippen LogP contribution in [0.5, 0.6) is 5.75 Å². The number of dihydropyridines is 1. The number of nitrogens with two attached hydrogens (primary N) is 1. The van der Waals surface area contributed by atoms with Crippen LogP contribution in [0.2, 0.25) is 0 Å².